The highest BCUT2D eigenvalue weighted by Gasteiger charge is 2.10. The van der Waals surface area contributed by atoms with Crippen molar-refractivity contribution in [2.45, 2.75) is 33.1 Å². The molecule has 0 aliphatic carbocycles. The first-order valence-corrected chi connectivity index (χ1v) is 6.88. The lowest BCUT2D eigenvalue weighted by molar-refractivity contribution is 0.455. The zero-order valence-corrected chi connectivity index (χ0v) is 11.9. The summed E-state index contributed by atoms with van der Waals surface area (Å²) in [7, 11) is 0. The molecule has 3 nitrogen and oxygen atoms in total. The Bertz CT molecular complexity index is 540. The molecule has 100 valence electrons. The fourth-order valence-electron chi connectivity index (χ4n) is 1.89. The Morgan fingerprint density at radius 3 is 2.47 bits per heavy atom. The van der Waals surface area contributed by atoms with Crippen molar-refractivity contribution in [3.63, 3.8) is 0 Å². The molecule has 19 heavy (non-hydrogen) atoms. The van der Waals surface area contributed by atoms with Crippen molar-refractivity contribution in [2.75, 3.05) is 0 Å². The highest BCUT2D eigenvalue weighted by atomic mass is 35.5. The Balaban J connectivity index is 2.19. The molecule has 0 atom stereocenters. The molecule has 1 aromatic carbocycles. The molecule has 0 saturated carbocycles. The van der Waals surface area contributed by atoms with Gasteiger partial charge >= 0.3 is 0 Å². The highest BCUT2D eigenvalue weighted by Crippen LogP contribution is 2.27. The summed E-state index contributed by atoms with van der Waals surface area (Å²) in [6.07, 6.45) is 4.38. The number of aromatic nitrogens is 2. The highest BCUT2D eigenvalue weighted by molar-refractivity contribution is 6.30. The molecule has 0 aliphatic heterocycles. The average Bonchev–Trinajstić information content (AvgIpc) is 2.42. The fraction of sp³-hybridized carbons (Fsp3) is 0.333. The van der Waals surface area contributed by atoms with E-state index in [1.54, 1.807) is 0 Å². The summed E-state index contributed by atoms with van der Waals surface area (Å²) >= 11 is 6.03. The summed E-state index contributed by atoms with van der Waals surface area (Å²) in [5.41, 5.74) is 2.15. The summed E-state index contributed by atoms with van der Waals surface area (Å²) in [5.74, 6) is 1.30. The smallest absolute Gasteiger partial charge is 0.226 e. The van der Waals surface area contributed by atoms with Crippen molar-refractivity contribution in [3.05, 3.63) is 46.9 Å². The summed E-state index contributed by atoms with van der Waals surface area (Å²) in [5, 5.41) is 0.454. The van der Waals surface area contributed by atoms with Gasteiger partial charge in [-0.2, -0.15) is 0 Å². The van der Waals surface area contributed by atoms with Gasteiger partial charge in [-0.15, -0.1) is 0 Å². The van der Waals surface area contributed by atoms with E-state index in [1.807, 2.05) is 19.1 Å². The number of ether oxygens (including phenoxy) is 1. The molecule has 0 amide bonds. The molecule has 4 heteroatoms. The van der Waals surface area contributed by atoms with E-state index in [1.165, 1.54) is 11.9 Å². The third kappa shape index (κ3) is 3.44. The Kier molecular flexibility index (Phi) is 4.74. The molecule has 0 spiro atoms. The number of benzene rings is 1. The predicted octanol–water partition coefficient (Wildman–Crippen LogP) is 4.44. The second-order valence-electron chi connectivity index (χ2n) is 4.30. The largest absolute Gasteiger partial charge is 0.439 e. The molecule has 0 radical (unpaired) electrons. The maximum Gasteiger partial charge on any atom is 0.226 e. The van der Waals surface area contributed by atoms with E-state index in [-0.39, 0.29) is 0 Å². The normalized spacial score (nSPS) is 10.5. The second-order valence-corrected chi connectivity index (χ2v) is 4.66. The first-order chi connectivity index (χ1) is 9.24. The SMILES string of the molecule is CCCc1ccc(Oc2ncnc(Cl)c2CC)cc1. The third-order valence-electron chi connectivity index (χ3n) is 2.88. The van der Waals surface area contributed by atoms with E-state index in [2.05, 4.69) is 29.0 Å². The Morgan fingerprint density at radius 2 is 1.84 bits per heavy atom. The summed E-state index contributed by atoms with van der Waals surface area (Å²) < 4.78 is 5.78. The summed E-state index contributed by atoms with van der Waals surface area (Å²) in [4.78, 5) is 8.11. The van der Waals surface area contributed by atoms with Crippen LogP contribution in [-0.2, 0) is 12.8 Å². The van der Waals surface area contributed by atoms with Gasteiger partial charge in [0, 0.05) is 0 Å². The van der Waals surface area contributed by atoms with Gasteiger partial charge in [-0.05, 0) is 30.5 Å². The van der Waals surface area contributed by atoms with Crippen molar-refractivity contribution in [2.24, 2.45) is 0 Å². The van der Waals surface area contributed by atoms with Crippen molar-refractivity contribution in [1.29, 1.82) is 0 Å². The molecule has 0 saturated heterocycles. The van der Waals surface area contributed by atoms with Crippen LogP contribution < -0.4 is 4.74 Å². The minimum Gasteiger partial charge on any atom is -0.439 e. The van der Waals surface area contributed by atoms with Crippen LogP contribution in [0.15, 0.2) is 30.6 Å². The van der Waals surface area contributed by atoms with Crippen LogP contribution in [-0.4, -0.2) is 9.97 Å². The average molecular weight is 277 g/mol. The quantitative estimate of drug-likeness (QED) is 0.758. The molecular formula is C15H17ClN2O. The minimum atomic E-state index is 0.454. The maximum absolute atomic E-state index is 6.03. The van der Waals surface area contributed by atoms with Crippen LogP contribution >= 0.6 is 11.6 Å². The number of hydrogen-bond acceptors (Lipinski definition) is 3. The topological polar surface area (TPSA) is 35.0 Å². The first-order valence-electron chi connectivity index (χ1n) is 6.50. The van der Waals surface area contributed by atoms with Gasteiger partial charge in [0.15, 0.2) is 0 Å². The van der Waals surface area contributed by atoms with Gasteiger partial charge in [0.1, 0.15) is 17.2 Å². The molecule has 0 N–H and O–H groups in total. The van der Waals surface area contributed by atoms with Gasteiger partial charge in [0.05, 0.1) is 5.56 Å². The molecule has 0 bridgehead atoms. The standard InChI is InChI=1S/C15H17ClN2O/c1-3-5-11-6-8-12(9-7-11)19-15-13(4-2)14(16)17-10-18-15/h6-10H,3-5H2,1-2H3. The van der Waals surface area contributed by atoms with Crippen LogP contribution in [0.5, 0.6) is 11.6 Å². The van der Waals surface area contributed by atoms with Crippen LogP contribution in [0, 0.1) is 0 Å². The molecule has 0 fully saturated rings. The lowest BCUT2D eigenvalue weighted by Crippen LogP contribution is -1.96. The molecule has 0 aliphatic rings. The number of rotatable bonds is 5. The van der Waals surface area contributed by atoms with Crippen molar-refractivity contribution < 1.29 is 4.74 Å². The van der Waals surface area contributed by atoms with Gasteiger partial charge in [0.2, 0.25) is 5.88 Å². The first kappa shape index (κ1) is 13.8. The van der Waals surface area contributed by atoms with Crippen molar-refractivity contribution >= 4 is 11.6 Å². The zero-order valence-electron chi connectivity index (χ0n) is 11.2. The van der Waals surface area contributed by atoms with Crippen molar-refractivity contribution in [3.8, 4) is 11.6 Å². The van der Waals surface area contributed by atoms with Gasteiger partial charge < -0.3 is 4.74 Å². The monoisotopic (exact) mass is 276 g/mol. The zero-order chi connectivity index (χ0) is 13.7. The molecular weight excluding hydrogens is 260 g/mol. The Hall–Kier alpha value is -1.61. The van der Waals surface area contributed by atoms with Gasteiger partial charge in [0.25, 0.3) is 0 Å². The van der Waals surface area contributed by atoms with E-state index in [0.29, 0.717) is 11.0 Å². The maximum atomic E-state index is 6.03. The lowest BCUT2D eigenvalue weighted by Gasteiger charge is -2.09. The second kappa shape index (κ2) is 6.53. The predicted molar refractivity (Wildman–Crippen MR) is 76.9 cm³/mol. The number of hydrogen-bond donors (Lipinski definition) is 0. The van der Waals surface area contributed by atoms with Gasteiger partial charge in [-0.1, -0.05) is 44.0 Å². The Labute approximate surface area is 118 Å². The lowest BCUT2D eigenvalue weighted by atomic mass is 10.1. The molecule has 0 unspecified atom stereocenters. The number of aryl methyl sites for hydroxylation is 1. The van der Waals surface area contributed by atoms with Crippen LogP contribution in [0.3, 0.4) is 0 Å². The minimum absolute atomic E-state index is 0.454. The number of nitrogens with zero attached hydrogens (tertiary/aromatic N) is 2. The van der Waals surface area contributed by atoms with Crippen molar-refractivity contribution in [1.82, 2.24) is 9.97 Å². The van der Waals surface area contributed by atoms with E-state index in [4.69, 9.17) is 16.3 Å². The van der Waals surface area contributed by atoms with E-state index < -0.39 is 0 Å². The summed E-state index contributed by atoms with van der Waals surface area (Å²) in [6.45, 7) is 4.17. The van der Waals surface area contributed by atoms with E-state index in [9.17, 15) is 0 Å². The molecule has 1 aromatic heterocycles. The third-order valence-corrected chi connectivity index (χ3v) is 3.21. The van der Waals surface area contributed by atoms with Crippen LogP contribution in [0.4, 0.5) is 0 Å². The fourth-order valence-corrected chi connectivity index (χ4v) is 2.14. The van der Waals surface area contributed by atoms with E-state index >= 15 is 0 Å². The molecule has 2 aromatic rings. The number of halogens is 1. The van der Waals surface area contributed by atoms with Crippen LogP contribution in [0.25, 0.3) is 0 Å². The Morgan fingerprint density at radius 1 is 1.11 bits per heavy atom. The molecule has 2 rings (SSSR count). The van der Waals surface area contributed by atoms with Crippen LogP contribution in [0.2, 0.25) is 5.15 Å². The molecule has 1 heterocycles. The van der Waals surface area contributed by atoms with Crippen LogP contribution in [0.1, 0.15) is 31.4 Å². The van der Waals surface area contributed by atoms with E-state index in [0.717, 1.165) is 30.6 Å². The van der Waals surface area contributed by atoms with Gasteiger partial charge in [-0.25, -0.2) is 9.97 Å². The summed E-state index contributed by atoms with van der Waals surface area (Å²) in [6, 6.07) is 8.07. The van der Waals surface area contributed by atoms with Gasteiger partial charge in [-0.3, -0.25) is 0 Å².